The van der Waals surface area contributed by atoms with Crippen LogP contribution in [0.15, 0.2) is 24.3 Å². The first kappa shape index (κ1) is 15.0. The number of aryl methyl sites for hydroxylation is 1. The molecule has 0 saturated carbocycles. The van der Waals surface area contributed by atoms with Gasteiger partial charge in [-0.25, -0.2) is 4.98 Å². The van der Waals surface area contributed by atoms with Crippen molar-refractivity contribution in [1.29, 1.82) is 0 Å². The zero-order chi connectivity index (χ0) is 15.7. The molecule has 118 valence electrons. The maximum Gasteiger partial charge on any atom is 0.226 e. The van der Waals surface area contributed by atoms with Crippen molar-refractivity contribution in [3.63, 3.8) is 0 Å². The first-order chi connectivity index (χ1) is 10.6. The largest absolute Gasteiger partial charge is 0.349 e. The van der Waals surface area contributed by atoms with Crippen molar-refractivity contribution < 1.29 is 4.79 Å². The molecule has 1 atom stereocenters. The Labute approximate surface area is 131 Å². The third kappa shape index (κ3) is 2.73. The van der Waals surface area contributed by atoms with Crippen LogP contribution in [-0.4, -0.2) is 52.4 Å². The number of carbonyl (C=O) groups is 1. The summed E-state index contributed by atoms with van der Waals surface area (Å²) in [6.07, 6.45) is 0.948. The molecule has 1 amide bonds. The highest BCUT2D eigenvalue weighted by atomic mass is 16.2. The second kappa shape index (κ2) is 6.08. The minimum atomic E-state index is 0.134. The lowest BCUT2D eigenvalue weighted by atomic mass is 10.1. The van der Waals surface area contributed by atoms with Gasteiger partial charge in [0.2, 0.25) is 5.91 Å². The number of likely N-dealkylation sites (tertiary alicyclic amines) is 1. The molecule has 1 aromatic heterocycles. The van der Waals surface area contributed by atoms with Gasteiger partial charge in [-0.15, -0.1) is 0 Å². The Hall–Kier alpha value is -1.88. The van der Waals surface area contributed by atoms with Crippen molar-refractivity contribution in [2.75, 3.05) is 27.2 Å². The molecule has 0 radical (unpaired) electrons. The monoisotopic (exact) mass is 300 g/mol. The topological polar surface area (TPSA) is 41.4 Å². The van der Waals surface area contributed by atoms with E-state index in [2.05, 4.69) is 34.6 Å². The van der Waals surface area contributed by atoms with Crippen LogP contribution in [-0.2, 0) is 17.9 Å². The number of carbonyl (C=O) groups excluding carboxylic acids is 1. The van der Waals surface area contributed by atoms with Gasteiger partial charge in [-0.1, -0.05) is 12.1 Å². The summed E-state index contributed by atoms with van der Waals surface area (Å²) in [5, 5.41) is 0. The van der Waals surface area contributed by atoms with Crippen molar-refractivity contribution in [2.45, 2.75) is 26.4 Å². The summed E-state index contributed by atoms with van der Waals surface area (Å²) in [6, 6.07) is 8.27. The number of rotatable bonds is 4. The van der Waals surface area contributed by atoms with Gasteiger partial charge in [0.25, 0.3) is 0 Å². The second-order valence-electron chi connectivity index (χ2n) is 6.21. The highest BCUT2D eigenvalue weighted by molar-refractivity contribution is 5.79. The van der Waals surface area contributed by atoms with Gasteiger partial charge in [0, 0.05) is 27.2 Å². The van der Waals surface area contributed by atoms with Crippen LogP contribution in [0.4, 0.5) is 0 Å². The molecule has 2 heterocycles. The highest BCUT2D eigenvalue weighted by Gasteiger charge is 2.30. The number of nitrogens with zero attached hydrogens (tertiary/aromatic N) is 4. The van der Waals surface area contributed by atoms with E-state index in [1.54, 1.807) is 4.90 Å². The highest BCUT2D eigenvalue weighted by Crippen LogP contribution is 2.22. The van der Waals surface area contributed by atoms with Gasteiger partial charge in [-0.2, -0.15) is 0 Å². The summed E-state index contributed by atoms with van der Waals surface area (Å²) in [7, 11) is 3.67. The number of hydrogen-bond acceptors (Lipinski definition) is 3. The van der Waals surface area contributed by atoms with E-state index in [4.69, 9.17) is 4.98 Å². The molecule has 1 saturated heterocycles. The third-order valence-electron chi connectivity index (χ3n) is 4.48. The van der Waals surface area contributed by atoms with Gasteiger partial charge >= 0.3 is 0 Å². The molecule has 0 bridgehead atoms. The number of aromatic nitrogens is 2. The lowest BCUT2D eigenvalue weighted by molar-refractivity contribution is -0.132. The molecule has 1 aliphatic rings. The third-order valence-corrected chi connectivity index (χ3v) is 4.48. The van der Waals surface area contributed by atoms with Crippen LogP contribution in [0, 0.1) is 5.92 Å². The summed E-state index contributed by atoms with van der Waals surface area (Å²) in [4.78, 5) is 20.9. The van der Waals surface area contributed by atoms with Crippen LogP contribution in [0.1, 0.15) is 19.2 Å². The van der Waals surface area contributed by atoms with Crippen LogP contribution in [0.3, 0.4) is 0 Å². The fraction of sp³-hybridized carbons (Fsp3) is 0.529. The number of amides is 1. The number of hydrogen-bond donors (Lipinski definition) is 0. The molecule has 0 aliphatic carbocycles. The minimum Gasteiger partial charge on any atom is -0.349 e. The fourth-order valence-corrected chi connectivity index (χ4v) is 3.34. The van der Waals surface area contributed by atoms with Gasteiger partial charge in [0.15, 0.2) is 0 Å². The van der Waals surface area contributed by atoms with E-state index in [1.165, 1.54) is 5.52 Å². The van der Waals surface area contributed by atoms with E-state index in [-0.39, 0.29) is 11.8 Å². The van der Waals surface area contributed by atoms with Crippen LogP contribution in [0.2, 0.25) is 0 Å². The molecule has 0 spiro atoms. The van der Waals surface area contributed by atoms with Crippen molar-refractivity contribution >= 4 is 16.9 Å². The average molecular weight is 300 g/mol. The quantitative estimate of drug-likeness (QED) is 0.867. The smallest absolute Gasteiger partial charge is 0.226 e. The first-order valence-corrected chi connectivity index (χ1v) is 7.97. The Morgan fingerprint density at radius 1 is 1.36 bits per heavy atom. The van der Waals surface area contributed by atoms with Crippen molar-refractivity contribution in [2.24, 2.45) is 5.92 Å². The second-order valence-corrected chi connectivity index (χ2v) is 6.21. The van der Waals surface area contributed by atoms with E-state index < -0.39 is 0 Å². The van der Waals surface area contributed by atoms with Crippen LogP contribution < -0.4 is 0 Å². The van der Waals surface area contributed by atoms with E-state index in [0.717, 1.165) is 43.9 Å². The van der Waals surface area contributed by atoms with E-state index in [1.807, 2.05) is 20.2 Å². The molecule has 1 unspecified atom stereocenters. The minimum absolute atomic E-state index is 0.134. The van der Waals surface area contributed by atoms with Crippen LogP contribution >= 0.6 is 0 Å². The van der Waals surface area contributed by atoms with Crippen LogP contribution in [0.5, 0.6) is 0 Å². The van der Waals surface area contributed by atoms with Crippen molar-refractivity contribution in [1.82, 2.24) is 19.4 Å². The standard InChI is InChI=1S/C17H24N4O/c1-4-21-15-8-6-5-7-14(15)18-16(21)12-20-10-9-13(11-20)17(22)19(2)3/h5-8,13H,4,9-12H2,1-3H3. The summed E-state index contributed by atoms with van der Waals surface area (Å²) in [5.41, 5.74) is 2.25. The molecule has 3 rings (SSSR count). The maximum atomic E-state index is 12.1. The molecule has 0 N–H and O–H groups in total. The lowest BCUT2D eigenvalue weighted by Gasteiger charge is -2.18. The Kier molecular flexibility index (Phi) is 4.16. The molecule has 5 nitrogen and oxygen atoms in total. The average Bonchev–Trinajstić information content (AvgIpc) is 3.10. The Bertz CT molecular complexity index is 676. The van der Waals surface area contributed by atoms with E-state index in [0.29, 0.717) is 0 Å². The number of para-hydroxylation sites is 2. The normalized spacial score (nSPS) is 19.0. The van der Waals surface area contributed by atoms with Gasteiger partial charge in [0.1, 0.15) is 5.82 Å². The molecular weight excluding hydrogens is 276 g/mol. The molecular formula is C17H24N4O. The predicted octanol–water partition coefficient (Wildman–Crippen LogP) is 1.97. The Morgan fingerprint density at radius 2 is 2.14 bits per heavy atom. The van der Waals surface area contributed by atoms with Gasteiger partial charge < -0.3 is 9.47 Å². The molecule has 22 heavy (non-hydrogen) atoms. The number of fused-ring (bicyclic) bond motifs is 1. The first-order valence-electron chi connectivity index (χ1n) is 7.97. The molecule has 1 fully saturated rings. The maximum absolute atomic E-state index is 12.1. The summed E-state index contributed by atoms with van der Waals surface area (Å²) in [5.74, 6) is 1.47. The predicted molar refractivity (Wildman–Crippen MR) is 87.5 cm³/mol. The lowest BCUT2D eigenvalue weighted by Crippen LogP contribution is -2.32. The zero-order valence-corrected chi connectivity index (χ0v) is 13.6. The summed E-state index contributed by atoms with van der Waals surface area (Å²) < 4.78 is 2.27. The molecule has 5 heteroatoms. The summed E-state index contributed by atoms with van der Waals surface area (Å²) in [6.45, 7) is 5.70. The van der Waals surface area contributed by atoms with Gasteiger partial charge in [-0.05, 0) is 32.0 Å². The van der Waals surface area contributed by atoms with E-state index in [9.17, 15) is 4.79 Å². The zero-order valence-electron chi connectivity index (χ0n) is 13.6. The van der Waals surface area contributed by atoms with Crippen molar-refractivity contribution in [3.8, 4) is 0 Å². The number of imidazole rings is 1. The Balaban J connectivity index is 1.76. The summed E-state index contributed by atoms with van der Waals surface area (Å²) >= 11 is 0. The van der Waals surface area contributed by atoms with Gasteiger partial charge in [0.05, 0.1) is 23.5 Å². The fourth-order valence-electron chi connectivity index (χ4n) is 3.34. The van der Waals surface area contributed by atoms with Crippen LogP contribution in [0.25, 0.3) is 11.0 Å². The molecule has 1 aliphatic heterocycles. The van der Waals surface area contributed by atoms with E-state index >= 15 is 0 Å². The molecule has 2 aromatic rings. The SMILES string of the molecule is CCn1c(CN2CCC(C(=O)N(C)C)C2)nc2ccccc21. The Morgan fingerprint density at radius 3 is 2.86 bits per heavy atom. The molecule has 1 aromatic carbocycles. The number of benzene rings is 1. The van der Waals surface area contributed by atoms with Gasteiger partial charge in [-0.3, -0.25) is 9.69 Å². The van der Waals surface area contributed by atoms with Crippen molar-refractivity contribution in [3.05, 3.63) is 30.1 Å².